The van der Waals surface area contributed by atoms with Crippen LogP contribution in [0.15, 0.2) is 42.6 Å². The molecular formula is C25H32ClN5O2. The second kappa shape index (κ2) is 11.4. The minimum atomic E-state index is -0.107. The standard InChI is InChI=1S/C25H32ClN5O2/c26-22-8-4-3-7-21(22)17-24(32)30-13-15-31(16-14-30)25(33)28-19-20-9-10-23(27-18-20)29-11-5-1-2-6-12-29/h3-4,7-10,18H,1-2,5-6,11-17,19H2,(H,28,33). The second-order valence-electron chi connectivity index (χ2n) is 8.72. The van der Waals surface area contributed by atoms with E-state index < -0.39 is 0 Å². The molecule has 1 N–H and O–H groups in total. The average molecular weight is 470 g/mol. The molecule has 4 rings (SSSR count). The van der Waals surface area contributed by atoms with Gasteiger partial charge in [0.05, 0.1) is 6.42 Å². The van der Waals surface area contributed by atoms with Crippen LogP contribution in [0, 0.1) is 0 Å². The monoisotopic (exact) mass is 469 g/mol. The van der Waals surface area contributed by atoms with Crippen molar-refractivity contribution in [1.82, 2.24) is 20.1 Å². The minimum absolute atomic E-state index is 0.0405. The third-order valence-electron chi connectivity index (χ3n) is 6.40. The molecule has 0 saturated carbocycles. The van der Waals surface area contributed by atoms with Crippen molar-refractivity contribution in [3.8, 4) is 0 Å². The highest BCUT2D eigenvalue weighted by Crippen LogP contribution is 2.18. The van der Waals surface area contributed by atoms with Crippen LogP contribution in [-0.4, -0.2) is 66.0 Å². The summed E-state index contributed by atoms with van der Waals surface area (Å²) < 4.78 is 0. The van der Waals surface area contributed by atoms with Crippen molar-refractivity contribution < 1.29 is 9.59 Å². The van der Waals surface area contributed by atoms with Gasteiger partial charge in [0.2, 0.25) is 5.91 Å². The van der Waals surface area contributed by atoms with Crippen molar-refractivity contribution in [1.29, 1.82) is 0 Å². The zero-order valence-electron chi connectivity index (χ0n) is 19.0. The lowest BCUT2D eigenvalue weighted by Gasteiger charge is -2.34. The lowest BCUT2D eigenvalue weighted by Crippen LogP contribution is -2.53. The van der Waals surface area contributed by atoms with E-state index in [9.17, 15) is 9.59 Å². The highest BCUT2D eigenvalue weighted by molar-refractivity contribution is 6.31. The van der Waals surface area contributed by atoms with Crippen molar-refractivity contribution in [2.75, 3.05) is 44.2 Å². The molecule has 2 aliphatic rings. The van der Waals surface area contributed by atoms with E-state index in [0.717, 1.165) is 30.0 Å². The summed E-state index contributed by atoms with van der Waals surface area (Å²) in [4.78, 5) is 35.7. The van der Waals surface area contributed by atoms with Gasteiger partial charge in [0.25, 0.3) is 0 Å². The van der Waals surface area contributed by atoms with E-state index in [1.165, 1.54) is 25.7 Å². The Hall–Kier alpha value is -2.80. The molecule has 1 aromatic carbocycles. The molecule has 2 saturated heterocycles. The van der Waals surface area contributed by atoms with E-state index in [0.29, 0.717) is 37.7 Å². The summed E-state index contributed by atoms with van der Waals surface area (Å²) in [6.07, 6.45) is 7.17. The molecule has 1 aromatic heterocycles. The fraction of sp³-hybridized carbons (Fsp3) is 0.480. The molecule has 0 spiro atoms. The lowest BCUT2D eigenvalue weighted by molar-refractivity contribution is -0.131. The summed E-state index contributed by atoms with van der Waals surface area (Å²) in [7, 11) is 0. The Morgan fingerprint density at radius 3 is 2.24 bits per heavy atom. The maximum atomic E-state index is 12.6. The number of anilines is 1. The molecule has 2 fully saturated rings. The van der Waals surface area contributed by atoms with Crippen LogP contribution < -0.4 is 10.2 Å². The molecule has 0 aliphatic carbocycles. The maximum Gasteiger partial charge on any atom is 0.317 e. The fourth-order valence-corrected chi connectivity index (χ4v) is 4.58. The molecule has 3 amide bonds. The molecule has 0 bridgehead atoms. The predicted octanol–water partition coefficient (Wildman–Crippen LogP) is 3.71. The number of nitrogens with zero attached hydrogens (tertiary/aromatic N) is 4. The molecule has 0 unspecified atom stereocenters. The average Bonchev–Trinajstić information content (AvgIpc) is 3.14. The number of hydrogen-bond donors (Lipinski definition) is 1. The first kappa shape index (κ1) is 23.4. The largest absolute Gasteiger partial charge is 0.357 e. The quantitative estimate of drug-likeness (QED) is 0.724. The highest BCUT2D eigenvalue weighted by atomic mass is 35.5. The summed E-state index contributed by atoms with van der Waals surface area (Å²) in [6, 6.07) is 11.4. The number of pyridine rings is 1. The summed E-state index contributed by atoms with van der Waals surface area (Å²) in [5.74, 6) is 1.06. The summed E-state index contributed by atoms with van der Waals surface area (Å²) in [5.41, 5.74) is 1.82. The van der Waals surface area contributed by atoms with Crippen molar-refractivity contribution in [2.24, 2.45) is 0 Å². The van der Waals surface area contributed by atoms with E-state index >= 15 is 0 Å². The van der Waals surface area contributed by atoms with Gasteiger partial charge in [0, 0.05) is 57.0 Å². The fourth-order valence-electron chi connectivity index (χ4n) is 4.37. The van der Waals surface area contributed by atoms with Crippen LogP contribution in [0.3, 0.4) is 0 Å². The molecule has 2 aliphatic heterocycles. The van der Waals surface area contributed by atoms with Crippen molar-refractivity contribution in [2.45, 2.75) is 38.6 Å². The van der Waals surface area contributed by atoms with E-state index in [1.54, 1.807) is 15.9 Å². The number of aromatic nitrogens is 1. The maximum absolute atomic E-state index is 12.6. The Labute approximate surface area is 200 Å². The van der Waals surface area contributed by atoms with Gasteiger partial charge in [-0.15, -0.1) is 0 Å². The van der Waals surface area contributed by atoms with Gasteiger partial charge in [-0.1, -0.05) is 48.7 Å². The van der Waals surface area contributed by atoms with Crippen LogP contribution in [0.1, 0.15) is 36.8 Å². The van der Waals surface area contributed by atoms with Gasteiger partial charge in [-0.05, 0) is 36.1 Å². The Bertz CT molecular complexity index is 936. The van der Waals surface area contributed by atoms with E-state index in [2.05, 4.69) is 21.3 Å². The molecule has 8 heteroatoms. The number of carbonyl (C=O) groups excluding carboxylic acids is 2. The number of urea groups is 1. The van der Waals surface area contributed by atoms with E-state index in [1.807, 2.05) is 30.5 Å². The molecule has 0 atom stereocenters. The number of benzene rings is 1. The second-order valence-corrected chi connectivity index (χ2v) is 9.13. The topological polar surface area (TPSA) is 68.8 Å². The van der Waals surface area contributed by atoms with Crippen molar-refractivity contribution in [3.05, 3.63) is 58.7 Å². The summed E-state index contributed by atoms with van der Waals surface area (Å²) in [6.45, 7) is 4.67. The van der Waals surface area contributed by atoms with Gasteiger partial charge in [0.15, 0.2) is 0 Å². The molecule has 176 valence electrons. The smallest absolute Gasteiger partial charge is 0.317 e. The molecule has 2 aromatic rings. The summed E-state index contributed by atoms with van der Waals surface area (Å²) in [5, 5.41) is 3.59. The number of piperazine rings is 1. The van der Waals surface area contributed by atoms with Gasteiger partial charge in [-0.25, -0.2) is 9.78 Å². The van der Waals surface area contributed by atoms with Crippen LogP contribution in [0.5, 0.6) is 0 Å². The minimum Gasteiger partial charge on any atom is -0.357 e. The Morgan fingerprint density at radius 1 is 0.879 bits per heavy atom. The van der Waals surface area contributed by atoms with Gasteiger partial charge < -0.3 is 20.0 Å². The molecule has 3 heterocycles. The molecule has 33 heavy (non-hydrogen) atoms. The lowest BCUT2D eigenvalue weighted by atomic mass is 10.1. The summed E-state index contributed by atoms with van der Waals surface area (Å²) >= 11 is 6.17. The van der Waals surface area contributed by atoms with E-state index in [4.69, 9.17) is 11.6 Å². The van der Waals surface area contributed by atoms with Crippen LogP contribution in [-0.2, 0) is 17.8 Å². The Kier molecular flexibility index (Phi) is 8.05. The molecular weight excluding hydrogens is 438 g/mol. The van der Waals surface area contributed by atoms with Gasteiger partial charge >= 0.3 is 6.03 Å². The van der Waals surface area contributed by atoms with Crippen LogP contribution in [0.4, 0.5) is 10.6 Å². The Balaban J connectivity index is 1.21. The third kappa shape index (κ3) is 6.38. The highest BCUT2D eigenvalue weighted by Gasteiger charge is 2.24. The SMILES string of the molecule is O=C(Cc1ccccc1Cl)N1CCN(C(=O)NCc2ccc(N3CCCCCC3)nc2)CC1. The third-order valence-corrected chi connectivity index (χ3v) is 6.77. The zero-order chi connectivity index (χ0) is 23.0. The molecule has 0 radical (unpaired) electrons. The van der Waals surface area contributed by atoms with Crippen LogP contribution >= 0.6 is 11.6 Å². The first-order valence-electron chi connectivity index (χ1n) is 11.8. The van der Waals surface area contributed by atoms with Crippen molar-refractivity contribution >= 4 is 29.4 Å². The predicted molar refractivity (Wildman–Crippen MR) is 130 cm³/mol. The van der Waals surface area contributed by atoms with Gasteiger partial charge in [-0.2, -0.15) is 0 Å². The number of hydrogen-bond acceptors (Lipinski definition) is 4. The van der Waals surface area contributed by atoms with E-state index in [-0.39, 0.29) is 18.4 Å². The number of nitrogens with one attached hydrogen (secondary N) is 1. The number of halogens is 1. The van der Waals surface area contributed by atoms with Gasteiger partial charge in [0.1, 0.15) is 5.82 Å². The van der Waals surface area contributed by atoms with Crippen molar-refractivity contribution in [3.63, 3.8) is 0 Å². The van der Waals surface area contributed by atoms with Gasteiger partial charge in [-0.3, -0.25) is 4.79 Å². The first-order valence-corrected chi connectivity index (χ1v) is 12.2. The molecule has 7 nitrogen and oxygen atoms in total. The Morgan fingerprint density at radius 2 is 1.58 bits per heavy atom. The zero-order valence-corrected chi connectivity index (χ0v) is 19.8. The normalized spacial score (nSPS) is 16.9. The van der Waals surface area contributed by atoms with Crippen LogP contribution in [0.2, 0.25) is 5.02 Å². The number of rotatable bonds is 5. The van der Waals surface area contributed by atoms with Crippen LogP contribution in [0.25, 0.3) is 0 Å². The number of amides is 3. The number of carbonyl (C=O) groups is 2. The first-order chi connectivity index (χ1) is 16.1.